The molecule has 3 atom stereocenters. The third-order valence-corrected chi connectivity index (χ3v) is 9.35. The standard InChI is InChI=1S/C26H33FN8O3S/c1-13-6-17(13)23(36)31-25-22(24(37)28-11-14-7-15(27)8-14)18-9-16(4-5-19(18)39-25)35-12-29-32-26(35)30-20-10-21(38-3)33-34(20)2/h10,12-17H,4-9,11H2,1-3H3,(H,28,37)(H,30,32)(H,31,36)/t13-,14-,15-,16-,17-/m0/s1. The smallest absolute Gasteiger partial charge is 0.254 e. The van der Waals surface area contributed by atoms with Crippen LogP contribution in [0.1, 0.15) is 59.4 Å². The van der Waals surface area contributed by atoms with E-state index in [1.807, 2.05) is 11.6 Å². The number of fused-ring (bicyclic) bond motifs is 1. The second-order valence-corrected chi connectivity index (χ2v) is 12.0. The zero-order valence-corrected chi connectivity index (χ0v) is 23.1. The Bertz CT molecular complexity index is 1390. The maximum absolute atomic E-state index is 13.5. The van der Waals surface area contributed by atoms with Gasteiger partial charge in [-0.25, -0.2) is 9.07 Å². The van der Waals surface area contributed by atoms with Gasteiger partial charge in [0.15, 0.2) is 0 Å². The van der Waals surface area contributed by atoms with Gasteiger partial charge >= 0.3 is 0 Å². The van der Waals surface area contributed by atoms with Crippen LogP contribution < -0.4 is 20.7 Å². The quantitative estimate of drug-likeness (QED) is 0.367. The van der Waals surface area contributed by atoms with Gasteiger partial charge in [-0.05, 0) is 55.9 Å². The first kappa shape index (κ1) is 25.8. The van der Waals surface area contributed by atoms with Gasteiger partial charge in [0.05, 0.1) is 12.7 Å². The largest absolute Gasteiger partial charge is 0.480 e. The van der Waals surface area contributed by atoms with Gasteiger partial charge in [0.2, 0.25) is 17.7 Å². The Morgan fingerprint density at radius 1 is 1.28 bits per heavy atom. The number of thiophene rings is 1. The first-order valence-electron chi connectivity index (χ1n) is 13.4. The number of aromatic nitrogens is 5. The average Bonchev–Trinajstić information content (AvgIpc) is 3.20. The topological polar surface area (TPSA) is 128 Å². The molecule has 3 aromatic rings. The van der Waals surface area contributed by atoms with Crippen LogP contribution in [0.2, 0.25) is 0 Å². The van der Waals surface area contributed by atoms with Crippen molar-refractivity contribution in [3.63, 3.8) is 0 Å². The molecule has 0 aliphatic heterocycles. The van der Waals surface area contributed by atoms with Crippen molar-refractivity contribution in [1.29, 1.82) is 0 Å². The van der Waals surface area contributed by atoms with E-state index in [4.69, 9.17) is 4.74 Å². The molecule has 3 aromatic heterocycles. The molecule has 2 fully saturated rings. The highest BCUT2D eigenvalue weighted by Gasteiger charge is 2.40. The molecule has 2 saturated carbocycles. The molecular formula is C26H33FN8O3S. The molecule has 3 N–H and O–H groups in total. The zero-order chi connectivity index (χ0) is 27.3. The maximum atomic E-state index is 13.5. The Balaban J connectivity index is 1.24. The van der Waals surface area contributed by atoms with Crippen LogP contribution >= 0.6 is 11.3 Å². The minimum Gasteiger partial charge on any atom is -0.480 e. The second-order valence-electron chi connectivity index (χ2n) is 10.9. The van der Waals surface area contributed by atoms with Gasteiger partial charge in [0.1, 0.15) is 23.3 Å². The predicted octanol–water partition coefficient (Wildman–Crippen LogP) is 3.63. The van der Waals surface area contributed by atoms with Crippen LogP contribution in [0, 0.1) is 17.8 Å². The highest BCUT2D eigenvalue weighted by atomic mass is 32.1. The van der Waals surface area contributed by atoms with Gasteiger partial charge in [0, 0.05) is 36.5 Å². The lowest BCUT2D eigenvalue weighted by atomic mass is 9.83. The van der Waals surface area contributed by atoms with Gasteiger partial charge in [-0.2, -0.15) is 0 Å². The number of alkyl halides is 1. The van der Waals surface area contributed by atoms with E-state index in [-0.39, 0.29) is 29.7 Å². The fourth-order valence-corrected chi connectivity index (χ4v) is 6.79. The lowest BCUT2D eigenvalue weighted by Crippen LogP contribution is -2.37. The number of nitrogens with zero attached hydrogens (tertiary/aromatic N) is 5. The summed E-state index contributed by atoms with van der Waals surface area (Å²) in [6.07, 6.45) is 4.97. The minimum absolute atomic E-state index is 0.000495. The van der Waals surface area contributed by atoms with Crippen LogP contribution in [0.15, 0.2) is 12.4 Å². The minimum atomic E-state index is -0.768. The Kier molecular flexibility index (Phi) is 6.77. The van der Waals surface area contributed by atoms with Crippen molar-refractivity contribution in [2.45, 2.75) is 57.7 Å². The van der Waals surface area contributed by atoms with Crippen molar-refractivity contribution < 1.29 is 18.7 Å². The van der Waals surface area contributed by atoms with Crippen molar-refractivity contribution in [3.8, 4) is 5.88 Å². The fraction of sp³-hybridized carbons (Fsp3) is 0.577. The molecule has 0 bridgehead atoms. The summed E-state index contributed by atoms with van der Waals surface area (Å²) in [5.74, 6) is 2.06. The molecule has 3 heterocycles. The van der Waals surface area contributed by atoms with E-state index in [1.165, 1.54) is 11.3 Å². The van der Waals surface area contributed by atoms with E-state index in [0.29, 0.717) is 59.9 Å². The zero-order valence-electron chi connectivity index (χ0n) is 22.2. The van der Waals surface area contributed by atoms with Crippen LogP contribution in [0.3, 0.4) is 0 Å². The van der Waals surface area contributed by atoms with Crippen molar-refractivity contribution in [1.82, 2.24) is 29.9 Å². The normalized spacial score (nSPS) is 25.4. The summed E-state index contributed by atoms with van der Waals surface area (Å²) in [5.41, 5.74) is 1.49. The van der Waals surface area contributed by atoms with Crippen molar-refractivity contribution >= 4 is 39.9 Å². The predicted molar refractivity (Wildman–Crippen MR) is 144 cm³/mol. The van der Waals surface area contributed by atoms with Crippen LogP contribution in [0.5, 0.6) is 5.88 Å². The number of hydrogen-bond acceptors (Lipinski definition) is 8. The Labute approximate surface area is 229 Å². The molecule has 0 radical (unpaired) electrons. The summed E-state index contributed by atoms with van der Waals surface area (Å²) in [6.45, 7) is 2.50. The second kappa shape index (κ2) is 10.2. The highest BCUT2D eigenvalue weighted by Crippen LogP contribution is 2.44. The molecule has 13 heteroatoms. The van der Waals surface area contributed by atoms with Crippen LogP contribution in [-0.4, -0.2) is 56.2 Å². The average molecular weight is 557 g/mol. The molecule has 39 heavy (non-hydrogen) atoms. The third-order valence-electron chi connectivity index (χ3n) is 8.15. The monoisotopic (exact) mass is 556 g/mol. The van der Waals surface area contributed by atoms with E-state index in [9.17, 15) is 14.0 Å². The number of hydrogen-bond donors (Lipinski definition) is 3. The van der Waals surface area contributed by atoms with E-state index in [0.717, 1.165) is 29.7 Å². The van der Waals surface area contributed by atoms with E-state index in [1.54, 1.807) is 24.2 Å². The number of nitrogens with one attached hydrogen (secondary N) is 3. The number of ether oxygens (including phenoxy) is 1. The molecule has 0 spiro atoms. The molecular weight excluding hydrogens is 523 g/mol. The van der Waals surface area contributed by atoms with E-state index in [2.05, 4.69) is 38.2 Å². The summed E-state index contributed by atoms with van der Waals surface area (Å²) < 4.78 is 22.2. The summed E-state index contributed by atoms with van der Waals surface area (Å²) in [5, 5.41) is 22.7. The van der Waals surface area contributed by atoms with Gasteiger partial charge in [-0.3, -0.25) is 14.2 Å². The van der Waals surface area contributed by atoms with Crippen LogP contribution in [0.25, 0.3) is 0 Å². The Hall–Kier alpha value is -3.48. The number of methoxy groups -OCH3 is 1. The van der Waals surface area contributed by atoms with Crippen LogP contribution in [0.4, 0.5) is 21.2 Å². The number of carbonyl (C=O) groups is 2. The van der Waals surface area contributed by atoms with Crippen molar-refractivity contribution in [2.75, 3.05) is 24.3 Å². The maximum Gasteiger partial charge on any atom is 0.254 e. The Morgan fingerprint density at radius 3 is 2.77 bits per heavy atom. The third kappa shape index (κ3) is 5.11. The molecule has 11 nitrogen and oxygen atoms in total. The van der Waals surface area contributed by atoms with Crippen molar-refractivity contribution in [3.05, 3.63) is 28.4 Å². The Morgan fingerprint density at radius 2 is 2.08 bits per heavy atom. The first-order chi connectivity index (χ1) is 18.8. The summed E-state index contributed by atoms with van der Waals surface area (Å²) in [7, 11) is 3.37. The lowest BCUT2D eigenvalue weighted by Gasteiger charge is -2.29. The molecule has 0 unspecified atom stereocenters. The summed E-state index contributed by atoms with van der Waals surface area (Å²) >= 11 is 1.50. The fourth-order valence-electron chi connectivity index (χ4n) is 5.54. The number of amides is 2. The van der Waals surface area contributed by atoms with Gasteiger partial charge in [0.25, 0.3) is 5.91 Å². The lowest BCUT2D eigenvalue weighted by molar-refractivity contribution is -0.117. The van der Waals surface area contributed by atoms with Crippen LogP contribution in [-0.2, 0) is 24.7 Å². The molecule has 208 valence electrons. The molecule has 2 amide bonds. The molecule has 3 aliphatic carbocycles. The van der Waals surface area contributed by atoms with Gasteiger partial charge in [-0.15, -0.1) is 26.6 Å². The summed E-state index contributed by atoms with van der Waals surface area (Å²) in [4.78, 5) is 27.5. The van der Waals surface area contributed by atoms with E-state index >= 15 is 0 Å². The molecule has 0 aromatic carbocycles. The van der Waals surface area contributed by atoms with Gasteiger partial charge in [-0.1, -0.05) is 6.92 Å². The number of anilines is 3. The molecule has 3 aliphatic rings. The van der Waals surface area contributed by atoms with Gasteiger partial charge < -0.3 is 20.7 Å². The number of halogens is 1. The SMILES string of the molecule is COc1cc(Nc2nncn2[C@H]2CCc3sc(NC(=O)[C@H]4C[C@@H]4C)c(C(=O)NC[C@H]4C[C@H](F)C4)c3C2)n(C)n1. The number of rotatable bonds is 9. The molecule has 6 rings (SSSR count). The first-order valence-corrected chi connectivity index (χ1v) is 14.2. The highest BCUT2D eigenvalue weighted by molar-refractivity contribution is 7.17. The summed E-state index contributed by atoms with van der Waals surface area (Å²) in [6, 6.07) is 1.79. The van der Waals surface area contributed by atoms with E-state index < -0.39 is 6.17 Å². The number of carbonyl (C=O) groups excluding carboxylic acids is 2. The van der Waals surface area contributed by atoms with Crippen molar-refractivity contribution in [2.24, 2.45) is 24.8 Å². The molecule has 0 saturated heterocycles. The number of aryl methyl sites for hydroxylation is 2.